The SMILES string of the molecule is CC(=O)Nc1ccc(S(=O)(=O)NCCC(=O)OCc2ccc(S(=O)(=O)N(C)C)o2)cc1. The van der Waals surface area contributed by atoms with Crippen molar-refractivity contribution in [1.29, 1.82) is 0 Å². The van der Waals surface area contributed by atoms with Crippen LogP contribution in [-0.2, 0) is 41.0 Å². The fourth-order valence-corrected chi connectivity index (χ4v) is 4.11. The molecule has 2 aromatic rings. The summed E-state index contributed by atoms with van der Waals surface area (Å²) in [4.78, 5) is 22.8. The van der Waals surface area contributed by atoms with E-state index in [1.165, 1.54) is 57.4 Å². The molecule has 0 radical (unpaired) electrons. The lowest BCUT2D eigenvalue weighted by molar-refractivity contribution is -0.145. The number of benzene rings is 1. The first-order valence-electron chi connectivity index (χ1n) is 8.96. The van der Waals surface area contributed by atoms with Crippen LogP contribution in [0, 0.1) is 0 Å². The van der Waals surface area contributed by atoms with Gasteiger partial charge >= 0.3 is 5.97 Å². The predicted octanol–water partition coefficient (Wildman–Crippen LogP) is 0.900. The molecule has 2 N–H and O–H groups in total. The second kappa shape index (κ2) is 10.0. The van der Waals surface area contributed by atoms with Gasteiger partial charge in [-0.15, -0.1) is 0 Å². The van der Waals surface area contributed by atoms with Crippen molar-refractivity contribution in [3.05, 3.63) is 42.2 Å². The van der Waals surface area contributed by atoms with Crippen LogP contribution < -0.4 is 10.0 Å². The first-order chi connectivity index (χ1) is 14.4. The van der Waals surface area contributed by atoms with E-state index in [0.29, 0.717) is 5.69 Å². The first kappa shape index (κ1) is 24.5. The molecule has 0 atom stereocenters. The average molecular weight is 474 g/mol. The van der Waals surface area contributed by atoms with Gasteiger partial charge in [0.15, 0.2) is 0 Å². The highest BCUT2D eigenvalue weighted by Crippen LogP contribution is 2.18. The van der Waals surface area contributed by atoms with Crippen molar-refractivity contribution in [2.45, 2.75) is 29.9 Å². The Labute approximate surface area is 180 Å². The van der Waals surface area contributed by atoms with Crippen molar-refractivity contribution in [1.82, 2.24) is 9.03 Å². The quantitative estimate of drug-likeness (QED) is 0.483. The van der Waals surface area contributed by atoms with Crippen LogP contribution in [0.3, 0.4) is 0 Å². The van der Waals surface area contributed by atoms with Crippen molar-refractivity contribution in [3.63, 3.8) is 0 Å². The Balaban J connectivity index is 1.82. The largest absolute Gasteiger partial charge is 0.457 e. The molecule has 1 aromatic heterocycles. The monoisotopic (exact) mass is 473 g/mol. The Morgan fingerprint density at radius 3 is 2.26 bits per heavy atom. The molecular formula is C18H23N3O8S2. The molecule has 31 heavy (non-hydrogen) atoms. The molecule has 2 rings (SSSR count). The van der Waals surface area contributed by atoms with Gasteiger partial charge in [0.05, 0.1) is 11.3 Å². The molecule has 1 heterocycles. The summed E-state index contributed by atoms with van der Waals surface area (Å²) in [5.74, 6) is -0.844. The van der Waals surface area contributed by atoms with Gasteiger partial charge in [-0.25, -0.2) is 25.9 Å². The van der Waals surface area contributed by atoms with E-state index >= 15 is 0 Å². The van der Waals surface area contributed by atoms with Crippen molar-refractivity contribution >= 4 is 37.6 Å². The summed E-state index contributed by atoms with van der Waals surface area (Å²) in [6, 6.07) is 8.15. The highest BCUT2D eigenvalue weighted by Gasteiger charge is 2.22. The molecule has 11 nitrogen and oxygen atoms in total. The molecule has 0 aliphatic carbocycles. The highest BCUT2D eigenvalue weighted by atomic mass is 32.2. The minimum absolute atomic E-state index is 0.0276. The van der Waals surface area contributed by atoms with E-state index in [0.717, 1.165) is 4.31 Å². The van der Waals surface area contributed by atoms with Gasteiger partial charge in [-0.1, -0.05) is 0 Å². The highest BCUT2D eigenvalue weighted by molar-refractivity contribution is 7.89. The smallest absolute Gasteiger partial charge is 0.307 e. The van der Waals surface area contributed by atoms with Crippen LogP contribution in [0.15, 0.2) is 50.8 Å². The van der Waals surface area contributed by atoms with Crippen LogP contribution in [0.1, 0.15) is 19.1 Å². The third-order valence-electron chi connectivity index (χ3n) is 3.85. The lowest BCUT2D eigenvalue weighted by atomic mass is 10.3. The summed E-state index contributed by atoms with van der Waals surface area (Å²) in [7, 11) is -4.87. The summed E-state index contributed by atoms with van der Waals surface area (Å²) in [6.45, 7) is 0.841. The van der Waals surface area contributed by atoms with Crippen LogP contribution in [0.2, 0.25) is 0 Å². The van der Waals surface area contributed by atoms with E-state index in [4.69, 9.17) is 9.15 Å². The van der Waals surface area contributed by atoms with E-state index in [-0.39, 0.29) is 41.2 Å². The standard InChI is InChI=1S/C18H23N3O8S2/c1-13(22)20-14-4-7-16(8-5-14)30(24,25)19-11-10-17(23)28-12-15-6-9-18(29-15)31(26,27)21(2)3/h4-9,19H,10-12H2,1-3H3,(H,20,22). The predicted molar refractivity (Wildman–Crippen MR) is 110 cm³/mol. The second-order valence-corrected chi connectivity index (χ2v) is 10.4. The molecule has 170 valence electrons. The lowest BCUT2D eigenvalue weighted by Crippen LogP contribution is -2.26. The van der Waals surface area contributed by atoms with Gasteiger partial charge in [-0.2, -0.15) is 0 Å². The molecule has 0 aliphatic rings. The number of amides is 1. The maximum Gasteiger partial charge on any atom is 0.307 e. The van der Waals surface area contributed by atoms with Crippen LogP contribution in [0.5, 0.6) is 0 Å². The van der Waals surface area contributed by atoms with Crippen LogP contribution in [0.25, 0.3) is 0 Å². The minimum atomic E-state index is -3.85. The number of carbonyl (C=O) groups is 2. The molecule has 0 spiro atoms. The van der Waals surface area contributed by atoms with Gasteiger partial charge in [0, 0.05) is 33.3 Å². The maximum absolute atomic E-state index is 12.3. The molecule has 0 saturated heterocycles. The molecule has 0 fully saturated rings. The maximum atomic E-state index is 12.3. The molecule has 1 aromatic carbocycles. The molecule has 0 bridgehead atoms. The van der Waals surface area contributed by atoms with Gasteiger partial charge in [-0.3, -0.25) is 9.59 Å². The average Bonchev–Trinajstić information content (AvgIpc) is 3.16. The number of sulfonamides is 2. The number of hydrogen-bond acceptors (Lipinski definition) is 8. The summed E-state index contributed by atoms with van der Waals surface area (Å²) in [5, 5.41) is 2.25. The molecule has 0 saturated carbocycles. The van der Waals surface area contributed by atoms with Gasteiger partial charge in [-0.05, 0) is 36.4 Å². The lowest BCUT2D eigenvalue weighted by Gasteiger charge is -2.08. The number of nitrogens with one attached hydrogen (secondary N) is 2. The van der Waals surface area contributed by atoms with Gasteiger partial charge < -0.3 is 14.5 Å². The number of furan rings is 1. The normalized spacial score (nSPS) is 12.0. The van der Waals surface area contributed by atoms with E-state index in [2.05, 4.69) is 10.0 Å². The van der Waals surface area contributed by atoms with Gasteiger partial charge in [0.1, 0.15) is 12.4 Å². The number of rotatable bonds is 10. The molecule has 13 heteroatoms. The van der Waals surface area contributed by atoms with Crippen LogP contribution >= 0.6 is 0 Å². The van der Waals surface area contributed by atoms with Crippen molar-refractivity contribution in [2.24, 2.45) is 0 Å². The molecule has 1 amide bonds. The number of hydrogen-bond donors (Lipinski definition) is 2. The van der Waals surface area contributed by atoms with E-state index < -0.39 is 26.0 Å². The third kappa shape index (κ3) is 6.89. The Morgan fingerprint density at radius 2 is 1.68 bits per heavy atom. The fraction of sp³-hybridized carbons (Fsp3) is 0.333. The number of anilines is 1. The number of esters is 1. The zero-order valence-electron chi connectivity index (χ0n) is 17.1. The molecule has 0 unspecified atom stereocenters. The Hall–Kier alpha value is -2.74. The zero-order chi connectivity index (χ0) is 23.2. The second-order valence-electron chi connectivity index (χ2n) is 6.52. The van der Waals surface area contributed by atoms with Crippen molar-refractivity contribution in [3.8, 4) is 0 Å². The zero-order valence-corrected chi connectivity index (χ0v) is 18.7. The molecule has 0 aliphatic heterocycles. The number of ether oxygens (including phenoxy) is 1. The summed E-state index contributed by atoms with van der Waals surface area (Å²) in [5.41, 5.74) is 0.453. The van der Waals surface area contributed by atoms with E-state index in [1.54, 1.807) is 0 Å². The number of nitrogens with zero attached hydrogens (tertiary/aromatic N) is 1. The first-order valence-corrected chi connectivity index (χ1v) is 11.9. The van der Waals surface area contributed by atoms with E-state index in [1.807, 2.05) is 0 Å². The van der Waals surface area contributed by atoms with Crippen molar-refractivity contribution < 1.29 is 35.6 Å². The Kier molecular flexibility index (Phi) is 7.95. The van der Waals surface area contributed by atoms with Crippen molar-refractivity contribution in [2.75, 3.05) is 26.0 Å². The van der Waals surface area contributed by atoms with Crippen LogP contribution in [-0.4, -0.2) is 53.7 Å². The fourth-order valence-electron chi connectivity index (χ4n) is 2.27. The Bertz CT molecular complexity index is 1140. The van der Waals surface area contributed by atoms with Crippen LogP contribution in [0.4, 0.5) is 5.69 Å². The minimum Gasteiger partial charge on any atom is -0.457 e. The van der Waals surface area contributed by atoms with E-state index in [9.17, 15) is 26.4 Å². The number of carbonyl (C=O) groups excluding carboxylic acids is 2. The summed E-state index contributed by atoms with van der Waals surface area (Å²) in [6.07, 6.45) is -0.243. The summed E-state index contributed by atoms with van der Waals surface area (Å²) >= 11 is 0. The van der Waals surface area contributed by atoms with Gasteiger partial charge in [0.2, 0.25) is 21.0 Å². The summed E-state index contributed by atoms with van der Waals surface area (Å²) < 4.78 is 61.8. The Morgan fingerprint density at radius 1 is 1.03 bits per heavy atom. The topological polar surface area (TPSA) is 152 Å². The third-order valence-corrected chi connectivity index (χ3v) is 7.02. The molecular weight excluding hydrogens is 450 g/mol. The van der Waals surface area contributed by atoms with Gasteiger partial charge in [0.25, 0.3) is 10.0 Å².